The quantitative estimate of drug-likeness (QED) is 0.139. The molecule has 0 spiro atoms. The van der Waals surface area contributed by atoms with Crippen LogP contribution >= 0.6 is 0 Å². The summed E-state index contributed by atoms with van der Waals surface area (Å²) in [5.74, 6) is 0. The van der Waals surface area contributed by atoms with Crippen LogP contribution in [0.15, 0.2) is 97.1 Å². The molecular weight excluding hydrogens is 765 g/mol. The maximum absolute atomic E-state index is 5.13. The van der Waals surface area contributed by atoms with Crippen molar-refractivity contribution in [3.8, 4) is 22.3 Å². The zero-order valence-corrected chi connectivity index (χ0v) is 24.8. The van der Waals surface area contributed by atoms with Crippen LogP contribution in [0.3, 0.4) is 0 Å². The van der Waals surface area contributed by atoms with Gasteiger partial charge < -0.3 is 0 Å². The fourth-order valence-electron chi connectivity index (χ4n) is 5.18. The van der Waals surface area contributed by atoms with Gasteiger partial charge in [0, 0.05) is 0 Å². The Balaban J connectivity index is 0.00000210. The first-order chi connectivity index (χ1) is 16.8. The molecule has 1 aliphatic rings. The van der Waals surface area contributed by atoms with Gasteiger partial charge in [-0.1, -0.05) is 0 Å². The fraction of sp³-hybridized carbons (Fsp3) is 0. The zero-order chi connectivity index (χ0) is 22.2. The number of para-hydroxylation sites is 2. The molecule has 0 saturated heterocycles. The SMILES string of the molecule is [U+2].[c-]1ccccc1-c1[c-]cc2c3cc4c(cc3c3nc5ccccc5n3c2c1)-c1ccccc1[I-]4. The van der Waals surface area contributed by atoms with Gasteiger partial charge >= 0.3 is 239 Å². The second-order valence-electron chi connectivity index (χ2n) is 8.63. The molecule has 162 valence electrons. The number of aromatic nitrogens is 2. The second kappa shape index (κ2) is 8.20. The molecule has 2 nitrogen and oxygen atoms in total. The molecule has 3 heterocycles. The third-order valence-corrected chi connectivity index (χ3v) is 9.73. The average Bonchev–Trinajstić information content (AvgIpc) is 3.46. The van der Waals surface area contributed by atoms with E-state index in [1.165, 1.54) is 34.4 Å². The Kier molecular flexibility index (Phi) is 5.06. The van der Waals surface area contributed by atoms with Gasteiger partial charge in [-0.15, -0.1) is 0 Å². The number of benzene rings is 5. The number of hydrogen-bond donors (Lipinski definition) is 0. The van der Waals surface area contributed by atoms with Crippen LogP contribution < -0.4 is 21.2 Å². The first-order valence-corrected chi connectivity index (χ1v) is 13.4. The molecule has 0 amide bonds. The monoisotopic (exact) mass is 781 g/mol. The van der Waals surface area contributed by atoms with E-state index in [1.807, 2.05) is 12.1 Å². The van der Waals surface area contributed by atoms with E-state index in [1.54, 1.807) is 0 Å². The summed E-state index contributed by atoms with van der Waals surface area (Å²) in [4.78, 5) is 5.13. The fourth-order valence-corrected chi connectivity index (χ4v) is 8.16. The minimum atomic E-state index is -0.178. The molecule has 2 aromatic heterocycles. The van der Waals surface area contributed by atoms with Crippen LogP contribution in [0, 0.1) is 50.4 Å². The molecule has 0 bridgehead atoms. The first kappa shape index (κ1) is 21.6. The zero-order valence-electron chi connectivity index (χ0n) is 18.5. The number of rotatable bonds is 1. The van der Waals surface area contributed by atoms with E-state index in [4.69, 9.17) is 4.98 Å². The number of imidazole rings is 1. The maximum atomic E-state index is 5.13. The van der Waals surface area contributed by atoms with Crippen LogP contribution in [0.2, 0.25) is 0 Å². The molecule has 0 aliphatic carbocycles. The molecule has 0 saturated carbocycles. The molecule has 5 aromatic carbocycles. The Morgan fingerprint density at radius 2 is 1.51 bits per heavy atom. The Morgan fingerprint density at radius 3 is 2.43 bits per heavy atom. The summed E-state index contributed by atoms with van der Waals surface area (Å²) >= 11 is -0.178. The van der Waals surface area contributed by atoms with E-state index >= 15 is 0 Å². The van der Waals surface area contributed by atoms with E-state index < -0.39 is 0 Å². The van der Waals surface area contributed by atoms with Crippen molar-refractivity contribution in [1.82, 2.24) is 9.38 Å². The minimum absolute atomic E-state index is 0. The van der Waals surface area contributed by atoms with Crippen molar-refractivity contribution in [2.75, 3.05) is 0 Å². The Hall–Kier alpha value is -2.65. The topological polar surface area (TPSA) is 17.3 Å². The van der Waals surface area contributed by atoms with Gasteiger partial charge in [-0.25, -0.2) is 0 Å². The molecule has 0 radical (unpaired) electrons. The van der Waals surface area contributed by atoms with Crippen LogP contribution in [0.5, 0.6) is 0 Å². The van der Waals surface area contributed by atoms with Gasteiger partial charge in [0.2, 0.25) is 0 Å². The van der Waals surface area contributed by atoms with Gasteiger partial charge in [0.25, 0.3) is 0 Å². The van der Waals surface area contributed by atoms with E-state index in [0.29, 0.717) is 0 Å². The van der Waals surface area contributed by atoms with Crippen molar-refractivity contribution < 1.29 is 52.3 Å². The van der Waals surface area contributed by atoms with Crippen LogP contribution in [-0.2, 0) is 0 Å². The predicted molar refractivity (Wildman–Crippen MR) is 134 cm³/mol. The molecular formula is C31H16IN2U-. The predicted octanol–water partition coefficient (Wildman–Crippen LogP) is 4.17. The van der Waals surface area contributed by atoms with Crippen LogP contribution in [0.4, 0.5) is 0 Å². The number of fused-ring (bicyclic) bond motifs is 11. The van der Waals surface area contributed by atoms with E-state index in [-0.39, 0.29) is 52.3 Å². The number of hydrogen-bond acceptors (Lipinski definition) is 1. The van der Waals surface area contributed by atoms with Crippen molar-refractivity contribution in [3.63, 3.8) is 0 Å². The Morgan fingerprint density at radius 1 is 0.657 bits per heavy atom. The third kappa shape index (κ3) is 3.17. The number of nitrogens with zero attached hydrogens (tertiary/aromatic N) is 2. The molecule has 7 aromatic rings. The first-order valence-electron chi connectivity index (χ1n) is 11.3. The summed E-state index contributed by atoms with van der Waals surface area (Å²) in [6.45, 7) is 0. The Labute approximate surface area is 236 Å². The van der Waals surface area contributed by atoms with Crippen molar-refractivity contribution in [2.24, 2.45) is 0 Å². The number of halogens is 1. The normalized spacial score (nSPS) is 12.5. The van der Waals surface area contributed by atoms with Crippen LogP contribution in [-0.4, -0.2) is 9.38 Å². The van der Waals surface area contributed by atoms with Gasteiger partial charge in [0.05, 0.1) is 0 Å². The molecule has 35 heavy (non-hydrogen) atoms. The summed E-state index contributed by atoms with van der Waals surface area (Å²) in [5, 5.41) is 3.69. The number of pyridine rings is 1. The third-order valence-electron chi connectivity index (χ3n) is 6.74. The molecule has 0 fully saturated rings. The van der Waals surface area contributed by atoms with Gasteiger partial charge in [0.1, 0.15) is 0 Å². The van der Waals surface area contributed by atoms with Gasteiger partial charge in [-0.2, -0.15) is 0 Å². The van der Waals surface area contributed by atoms with E-state index in [0.717, 1.165) is 33.3 Å². The molecule has 0 N–H and O–H groups in total. The van der Waals surface area contributed by atoms with Gasteiger partial charge in [-0.3, -0.25) is 0 Å². The Bertz CT molecular complexity index is 1940. The molecule has 8 rings (SSSR count). The van der Waals surface area contributed by atoms with Crippen molar-refractivity contribution in [3.05, 3.63) is 116 Å². The summed E-state index contributed by atoms with van der Waals surface area (Å²) in [5.41, 5.74) is 9.20. The van der Waals surface area contributed by atoms with Crippen LogP contribution in [0.1, 0.15) is 0 Å². The van der Waals surface area contributed by atoms with E-state index in [9.17, 15) is 0 Å². The molecule has 0 atom stereocenters. The average molecular weight is 781 g/mol. The summed E-state index contributed by atoms with van der Waals surface area (Å²) in [6, 6.07) is 41.6. The van der Waals surface area contributed by atoms with Crippen LogP contribution in [0.25, 0.3) is 60.6 Å². The standard InChI is InChI=1S/C31H16IN2.U/c1-2-8-19(9-3-1)20-14-15-22-23-18-27-24(21-10-4-5-11-26(21)32-27)17-25(23)31-33-28-12-6-7-13-29(28)34(31)30(22)16-20;/h1-8,10-13,15-18H;/q-3;+2. The summed E-state index contributed by atoms with van der Waals surface area (Å²) < 4.78 is 5.33. The summed E-state index contributed by atoms with van der Waals surface area (Å²) in [6.07, 6.45) is 0. The van der Waals surface area contributed by atoms with Crippen molar-refractivity contribution >= 4 is 38.4 Å². The van der Waals surface area contributed by atoms with E-state index in [2.05, 4.69) is 101 Å². The molecule has 4 heteroatoms. The molecule has 1 aliphatic heterocycles. The molecule has 0 unspecified atom stereocenters. The van der Waals surface area contributed by atoms with Gasteiger partial charge in [-0.05, 0) is 0 Å². The van der Waals surface area contributed by atoms with Gasteiger partial charge in [0.15, 0.2) is 0 Å². The second-order valence-corrected chi connectivity index (χ2v) is 11.5. The van der Waals surface area contributed by atoms with Crippen molar-refractivity contribution in [2.45, 2.75) is 0 Å². The summed E-state index contributed by atoms with van der Waals surface area (Å²) in [7, 11) is 0. The van der Waals surface area contributed by atoms with Crippen molar-refractivity contribution in [1.29, 1.82) is 0 Å².